The Balaban J connectivity index is 3.30. The number of hydrogen-bond acceptors (Lipinski definition) is 4. The number of nitrogens with zero attached hydrogens (tertiary/aromatic N) is 2. The molecule has 0 bridgehead atoms. The second-order valence-electron chi connectivity index (χ2n) is 4.63. The van der Waals surface area contributed by atoms with E-state index in [2.05, 4.69) is 0 Å². The summed E-state index contributed by atoms with van der Waals surface area (Å²) in [6.07, 6.45) is 0. The van der Waals surface area contributed by atoms with Crippen molar-refractivity contribution >= 4 is 16.0 Å². The first kappa shape index (κ1) is 16.1. The predicted octanol–water partition coefficient (Wildman–Crippen LogP) is 1.35. The number of rotatable bonds is 5. The molecule has 0 atom stereocenters. The van der Waals surface area contributed by atoms with Crippen LogP contribution >= 0.6 is 0 Å². The lowest BCUT2D eigenvalue weighted by atomic mass is 10.1. The third kappa shape index (κ3) is 3.35. The zero-order chi connectivity index (χ0) is 15.5. The fraction of sp³-hybridized carbons (Fsp3) is 0.385. The van der Waals surface area contributed by atoms with Crippen molar-refractivity contribution in [2.45, 2.75) is 31.7 Å². The first-order chi connectivity index (χ1) is 9.20. The first-order valence-electron chi connectivity index (χ1n) is 5.94. The van der Waals surface area contributed by atoms with Gasteiger partial charge in [-0.3, -0.25) is 4.79 Å². The molecular weight excluding hydrogens is 280 g/mol. The molecule has 0 saturated carbocycles. The van der Waals surface area contributed by atoms with E-state index >= 15 is 0 Å². The van der Waals surface area contributed by atoms with Crippen LogP contribution in [0.5, 0.6) is 0 Å². The summed E-state index contributed by atoms with van der Waals surface area (Å²) in [6, 6.07) is 5.59. The topological polar surface area (TPSA) is 98.5 Å². The molecule has 108 valence electrons. The van der Waals surface area contributed by atoms with Gasteiger partial charge in [-0.15, -0.1) is 0 Å². The van der Waals surface area contributed by atoms with Crippen LogP contribution in [-0.4, -0.2) is 36.4 Å². The lowest BCUT2D eigenvalue weighted by Crippen LogP contribution is -2.40. The zero-order valence-corrected chi connectivity index (χ0v) is 12.3. The normalized spacial score (nSPS) is 11.6. The van der Waals surface area contributed by atoms with Crippen molar-refractivity contribution in [3.8, 4) is 6.07 Å². The van der Waals surface area contributed by atoms with Gasteiger partial charge in [0, 0.05) is 6.04 Å². The van der Waals surface area contributed by atoms with Crippen molar-refractivity contribution in [1.82, 2.24) is 4.31 Å². The van der Waals surface area contributed by atoms with Gasteiger partial charge in [-0.25, -0.2) is 8.42 Å². The van der Waals surface area contributed by atoms with Crippen molar-refractivity contribution in [1.29, 1.82) is 5.26 Å². The number of hydrogen-bond donors (Lipinski definition) is 1. The fourth-order valence-corrected chi connectivity index (χ4v) is 3.41. The molecule has 0 saturated heterocycles. The number of aliphatic carboxylic acids is 1. The van der Waals surface area contributed by atoms with Crippen LogP contribution in [0.2, 0.25) is 0 Å². The Bertz CT molecular complexity index is 659. The van der Waals surface area contributed by atoms with Crippen molar-refractivity contribution in [3.63, 3.8) is 0 Å². The Morgan fingerprint density at radius 2 is 2.05 bits per heavy atom. The van der Waals surface area contributed by atoms with Gasteiger partial charge in [0.25, 0.3) is 0 Å². The SMILES string of the molecule is Cc1cc(S(=O)(=O)N(CC(=O)O)C(C)C)ccc1C#N. The van der Waals surface area contributed by atoms with Gasteiger partial charge in [-0.05, 0) is 44.5 Å². The Labute approximate surface area is 118 Å². The van der Waals surface area contributed by atoms with Crippen molar-refractivity contribution in [2.75, 3.05) is 6.54 Å². The van der Waals surface area contributed by atoms with Gasteiger partial charge >= 0.3 is 5.97 Å². The fourth-order valence-electron chi connectivity index (χ4n) is 1.74. The smallest absolute Gasteiger partial charge is 0.318 e. The maximum Gasteiger partial charge on any atom is 0.318 e. The van der Waals surface area contributed by atoms with Gasteiger partial charge in [-0.1, -0.05) is 0 Å². The molecule has 0 amide bonds. The molecule has 0 heterocycles. The highest BCUT2D eigenvalue weighted by Gasteiger charge is 2.29. The Hall–Kier alpha value is -1.91. The van der Waals surface area contributed by atoms with E-state index in [-0.39, 0.29) is 4.90 Å². The molecule has 0 aliphatic carbocycles. The largest absolute Gasteiger partial charge is 0.480 e. The van der Waals surface area contributed by atoms with Crippen LogP contribution in [0.4, 0.5) is 0 Å². The molecule has 20 heavy (non-hydrogen) atoms. The van der Waals surface area contributed by atoms with E-state index in [4.69, 9.17) is 10.4 Å². The molecular formula is C13H16N2O4S. The number of carboxylic acids is 1. The predicted molar refractivity (Wildman–Crippen MR) is 72.6 cm³/mol. The molecule has 0 radical (unpaired) electrons. The quantitative estimate of drug-likeness (QED) is 0.884. The van der Waals surface area contributed by atoms with Gasteiger partial charge in [-0.2, -0.15) is 9.57 Å². The van der Waals surface area contributed by atoms with Gasteiger partial charge in [0.2, 0.25) is 10.0 Å². The lowest BCUT2D eigenvalue weighted by Gasteiger charge is -2.24. The third-order valence-corrected chi connectivity index (χ3v) is 4.81. The number of sulfonamides is 1. The Morgan fingerprint density at radius 3 is 2.45 bits per heavy atom. The van der Waals surface area contributed by atoms with E-state index in [9.17, 15) is 13.2 Å². The molecule has 1 aromatic rings. The molecule has 0 aliphatic rings. The summed E-state index contributed by atoms with van der Waals surface area (Å²) < 4.78 is 25.8. The number of benzene rings is 1. The summed E-state index contributed by atoms with van der Waals surface area (Å²) in [7, 11) is -3.90. The summed E-state index contributed by atoms with van der Waals surface area (Å²) >= 11 is 0. The minimum absolute atomic E-state index is 0.0102. The summed E-state index contributed by atoms with van der Waals surface area (Å²) in [5.41, 5.74) is 0.922. The molecule has 0 aromatic heterocycles. The van der Waals surface area contributed by atoms with Crippen LogP contribution in [0, 0.1) is 18.3 Å². The summed E-state index contributed by atoms with van der Waals surface area (Å²) in [5.74, 6) is -1.22. The van der Waals surface area contributed by atoms with Crippen LogP contribution in [0.15, 0.2) is 23.1 Å². The summed E-state index contributed by atoms with van der Waals surface area (Å²) in [4.78, 5) is 10.8. The minimum Gasteiger partial charge on any atom is -0.480 e. The maximum absolute atomic E-state index is 12.4. The molecule has 7 heteroatoms. The standard InChI is InChI=1S/C13H16N2O4S/c1-9(2)15(8-13(16)17)20(18,19)12-5-4-11(7-14)10(3)6-12/h4-6,9H,8H2,1-3H3,(H,16,17). The summed E-state index contributed by atoms with van der Waals surface area (Å²) in [6.45, 7) is 4.25. The third-order valence-electron chi connectivity index (χ3n) is 2.79. The molecule has 1 aromatic carbocycles. The highest BCUT2D eigenvalue weighted by atomic mass is 32.2. The number of carbonyl (C=O) groups is 1. The number of aryl methyl sites for hydroxylation is 1. The van der Waals surface area contributed by atoms with Gasteiger partial charge in [0.15, 0.2) is 0 Å². The first-order valence-corrected chi connectivity index (χ1v) is 7.38. The van der Waals surface area contributed by atoms with Crippen LogP contribution in [0.25, 0.3) is 0 Å². The molecule has 0 unspecified atom stereocenters. The number of nitriles is 1. The second kappa shape index (κ2) is 6.03. The van der Waals surface area contributed by atoms with E-state index in [0.29, 0.717) is 11.1 Å². The minimum atomic E-state index is -3.90. The maximum atomic E-state index is 12.4. The van der Waals surface area contributed by atoms with Crippen LogP contribution in [0.3, 0.4) is 0 Å². The summed E-state index contributed by atoms with van der Waals surface area (Å²) in [5, 5.41) is 17.7. The van der Waals surface area contributed by atoms with Crippen LogP contribution in [0.1, 0.15) is 25.0 Å². The average Bonchev–Trinajstić information content (AvgIpc) is 2.35. The highest BCUT2D eigenvalue weighted by molar-refractivity contribution is 7.89. The van der Waals surface area contributed by atoms with Gasteiger partial charge in [0.1, 0.15) is 6.54 Å². The van der Waals surface area contributed by atoms with Crippen molar-refractivity contribution in [3.05, 3.63) is 29.3 Å². The molecule has 6 nitrogen and oxygen atoms in total. The zero-order valence-electron chi connectivity index (χ0n) is 11.5. The van der Waals surface area contributed by atoms with Gasteiger partial charge in [0.05, 0.1) is 16.5 Å². The van der Waals surface area contributed by atoms with E-state index in [1.165, 1.54) is 18.2 Å². The average molecular weight is 296 g/mol. The van der Waals surface area contributed by atoms with E-state index in [1.54, 1.807) is 20.8 Å². The monoisotopic (exact) mass is 296 g/mol. The number of carboxylic acid groups (broad SMARTS) is 1. The lowest BCUT2D eigenvalue weighted by molar-refractivity contribution is -0.137. The Morgan fingerprint density at radius 1 is 1.45 bits per heavy atom. The van der Waals surface area contributed by atoms with Gasteiger partial charge < -0.3 is 5.11 Å². The van der Waals surface area contributed by atoms with E-state index in [0.717, 1.165) is 4.31 Å². The highest BCUT2D eigenvalue weighted by Crippen LogP contribution is 2.20. The Kier molecular flexibility index (Phi) is 4.87. The van der Waals surface area contributed by atoms with Crippen molar-refractivity contribution in [2.24, 2.45) is 0 Å². The molecule has 0 spiro atoms. The molecule has 1 N–H and O–H groups in total. The molecule has 0 fully saturated rings. The molecule has 0 aliphatic heterocycles. The molecule has 1 rings (SSSR count). The van der Waals surface area contributed by atoms with Crippen LogP contribution in [-0.2, 0) is 14.8 Å². The van der Waals surface area contributed by atoms with Crippen LogP contribution < -0.4 is 0 Å². The van der Waals surface area contributed by atoms with Crippen molar-refractivity contribution < 1.29 is 18.3 Å². The van der Waals surface area contributed by atoms with E-state index in [1.807, 2.05) is 6.07 Å². The second-order valence-corrected chi connectivity index (χ2v) is 6.52. The van der Waals surface area contributed by atoms with E-state index < -0.39 is 28.6 Å².